The number of rotatable bonds is 6. The van der Waals surface area contributed by atoms with Crippen LogP contribution in [-0.2, 0) is 19.4 Å². The van der Waals surface area contributed by atoms with Gasteiger partial charge in [0.2, 0.25) is 0 Å². The summed E-state index contributed by atoms with van der Waals surface area (Å²) in [5, 5.41) is 20.7. The molecule has 0 spiro atoms. The normalized spacial score (nSPS) is 18.1. The van der Waals surface area contributed by atoms with Crippen LogP contribution in [0.3, 0.4) is 0 Å². The molecule has 28 heavy (non-hydrogen) atoms. The summed E-state index contributed by atoms with van der Waals surface area (Å²) in [5.41, 5.74) is 4.74. The van der Waals surface area contributed by atoms with Crippen LogP contribution >= 0.6 is 0 Å². The predicted octanol–water partition coefficient (Wildman–Crippen LogP) is 4.33. The van der Waals surface area contributed by atoms with E-state index in [9.17, 15) is 10.2 Å². The third kappa shape index (κ3) is 3.39. The lowest BCUT2D eigenvalue weighted by Gasteiger charge is -2.42. The summed E-state index contributed by atoms with van der Waals surface area (Å²) in [6, 6.07) is 7.82. The van der Waals surface area contributed by atoms with Crippen molar-refractivity contribution >= 4 is 0 Å². The van der Waals surface area contributed by atoms with E-state index in [0.29, 0.717) is 18.1 Å². The van der Waals surface area contributed by atoms with Crippen molar-refractivity contribution in [3.63, 3.8) is 0 Å². The zero-order valence-corrected chi connectivity index (χ0v) is 16.7. The Labute approximate surface area is 166 Å². The molecule has 0 bridgehead atoms. The van der Waals surface area contributed by atoms with Crippen molar-refractivity contribution in [1.29, 1.82) is 0 Å². The van der Waals surface area contributed by atoms with Crippen LogP contribution in [0.5, 0.6) is 23.0 Å². The molecule has 150 valence electrons. The van der Waals surface area contributed by atoms with Crippen molar-refractivity contribution in [3.05, 3.63) is 46.5 Å². The van der Waals surface area contributed by atoms with E-state index >= 15 is 0 Å². The second-order valence-corrected chi connectivity index (χ2v) is 7.77. The average molecular weight is 383 g/mol. The Morgan fingerprint density at radius 1 is 1.11 bits per heavy atom. The van der Waals surface area contributed by atoms with E-state index in [0.717, 1.165) is 50.8 Å². The number of unbranched alkanes of at least 4 members (excludes halogenated alkanes) is 2. The Kier molecular flexibility index (Phi) is 5.36. The summed E-state index contributed by atoms with van der Waals surface area (Å²) in [7, 11) is 1.59. The van der Waals surface area contributed by atoms with Crippen LogP contribution in [0.15, 0.2) is 24.3 Å². The van der Waals surface area contributed by atoms with Gasteiger partial charge in [-0.3, -0.25) is 4.90 Å². The zero-order chi connectivity index (χ0) is 19.7. The number of ether oxygens (including phenoxy) is 2. The Balaban J connectivity index is 1.63. The molecular weight excluding hydrogens is 354 g/mol. The van der Waals surface area contributed by atoms with Crippen molar-refractivity contribution in [2.45, 2.75) is 51.6 Å². The van der Waals surface area contributed by atoms with Crippen LogP contribution in [0.4, 0.5) is 0 Å². The van der Waals surface area contributed by atoms with Gasteiger partial charge in [-0.2, -0.15) is 0 Å². The molecule has 2 heterocycles. The second kappa shape index (κ2) is 7.92. The van der Waals surface area contributed by atoms with Gasteiger partial charge in [0.05, 0.1) is 13.7 Å². The van der Waals surface area contributed by atoms with E-state index in [2.05, 4.69) is 11.8 Å². The van der Waals surface area contributed by atoms with Crippen LogP contribution in [0, 0.1) is 0 Å². The third-order valence-corrected chi connectivity index (χ3v) is 6.01. The fourth-order valence-corrected chi connectivity index (χ4v) is 4.48. The second-order valence-electron chi connectivity index (χ2n) is 7.77. The summed E-state index contributed by atoms with van der Waals surface area (Å²) < 4.78 is 11.3. The Bertz CT molecular complexity index is 864. The number of hydrogen-bond acceptors (Lipinski definition) is 5. The highest BCUT2D eigenvalue weighted by molar-refractivity contribution is 5.54. The van der Waals surface area contributed by atoms with Gasteiger partial charge in [-0.25, -0.2) is 0 Å². The predicted molar refractivity (Wildman–Crippen MR) is 108 cm³/mol. The molecule has 0 unspecified atom stereocenters. The Morgan fingerprint density at radius 3 is 2.75 bits per heavy atom. The highest BCUT2D eigenvalue weighted by Crippen LogP contribution is 2.45. The van der Waals surface area contributed by atoms with Gasteiger partial charge in [-0.05, 0) is 54.2 Å². The topological polar surface area (TPSA) is 62.2 Å². The maximum atomic E-state index is 10.4. The van der Waals surface area contributed by atoms with Crippen molar-refractivity contribution in [2.24, 2.45) is 0 Å². The minimum Gasteiger partial charge on any atom is -0.504 e. The van der Waals surface area contributed by atoms with E-state index in [4.69, 9.17) is 9.47 Å². The van der Waals surface area contributed by atoms with Crippen molar-refractivity contribution in [3.8, 4) is 23.0 Å². The number of aromatic hydroxyl groups is 2. The minimum atomic E-state index is 0.194. The SMILES string of the molecule is CCCCCOc1c(O)ccc2c1CN1CCc3cc(OC)c(O)cc3[C@@H]1C2. The van der Waals surface area contributed by atoms with Gasteiger partial charge >= 0.3 is 0 Å². The fourth-order valence-electron chi connectivity index (χ4n) is 4.48. The lowest BCUT2D eigenvalue weighted by Crippen LogP contribution is -2.39. The van der Waals surface area contributed by atoms with Gasteiger partial charge in [0.1, 0.15) is 0 Å². The van der Waals surface area contributed by atoms with E-state index in [1.54, 1.807) is 13.2 Å². The van der Waals surface area contributed by atoms with Gasteiger partial charge in [-0.15, -0.1) is 0 Å². The lowest BCUT2D eigenvalue weighted by molar-refractivity contribution is 0.155. The highest BCUT2D eigenvalue weighted by atomic mass is 16.5. The highest BCUT2D eigenvalue weighted by Gasteiger charge is 2.34. The fraction of sp³-hybridized carbons (Fsp3) is 0.478. The molecular formula is C23H29NO4. The van der Waals surface area contributed by atoms with E-state index in [1.807, 2.05) is 18.2 Å². The molecule has 0 radical (unpaired) electrons. The van der Waals surface area contributed by atoms with Crippen LogP contribution in [0.2, 0.25) is 0 Å². The number of phenols is 2. The molecule has 0 saturated carbocycles. The molecule has 0 fully saturated rings. The number of benzene rings is 2. The number of nitrogens with zero attached hydrogens (tertiary/aromatic N) is 1. The Morgan fingerprint density at radius 2 is 1.96 bits per heavy atom. The number of fused-ring (bicyclic) bond motifs is 4. The number of phenolic OH excluding ortho intramolecular Hbond substituents is 2. The van der Waals surface area contributed by atoms with Crippen LogP contribution in [-0.4, -0.2) is 35.4 Å². The molecule has 2 aromatic rings. The largest absolute Gasteiger partial charge is 0.504 e. The number of methoxy groups -OCH3 is 1. The first kappa shape index (κ1) is 18.9. The molecule has 0 aromatic heterocycles. The molecule has 2 aromatic carbocycles. The summed E-state index contributed by atoms with van der Waals surface area (Å²) in [4.78, 5) is 2.43. The minimum absolute atomic E-state index is 0.194. The molecule has 2 aliphatic rings. The molecule has 0 amide bonds. The average Bonchev–Trinajstić information content (AvgIpc) is 2.71. The summed E-state index contributed by atoms with van der Waals surface area (Å²) in [6.07, 6.45) is 5.05. The molecule has 0 saturated heterocycles. The van der Waals surface area contributed by atoms with Crippen molar-refractivity contribution < 1.29 is 19.7 Å². The van der Waals surface area contributed by atoms with E-state index in [1.165, 1.54) is 16.7 Å². The quantitative estimate of drug-likeness (QED) is 0.727. The van der Waals surface area contributed by atoms with Gasteiger partial charge in [0, 0.05) is 24.7 Å². The van der Waals surface area contributed by atoms with E-state index in [-0.39, 0.29) is 17.5 Å². The van der Waals surface area contributed by atoms with Crippen LogP contribution in [0.25, 0.3) is 0 Å². The molecule has 4 rings (SSSR count). The molecule has 5 nitrogen and oxygen atoms in total. The monoisotopic (exact) mass is 383 g/mol. The number of hydrogen-bond donors (Lipinski definition) is 2. The van der Waals surface area contributed by atoms with Crippen molar-refractivity contribution in [1.82, 2.24) is 4.90 Å². The molecule has 2 N–H and O–H groups in total. The summed E-state index contributed by atoms with van der Waals surface area (Å²) >= 11 is 0. The van der Waals surface area contributed by atoms with Crippen LogP contribution < -0.4 is 9.47 Å². The third-order valence-electron chi connectivity index (χ3n) is 6.01. The molecule has 2 aliphatic heterocycles. The first-order valence-electron chi connectivity index (χ1n) is 10.2. The first-order valence-corrected chi connectivity index (χ1v) is 10.2. The smallest absolute Gasteiger partial charge is 0.165 e. The Hall–Kier alpha value is -2.40. The molecule has 1 atom stereocenters. The zero-order valence-electron chi connectivity index (χ0n) is 16.7. The van der Waals surface area contributed by atoms with Gasteiger partial charge in [0.25, 0.3) is 0 Å². The standard InChI is InChI=1S/C23H29NO4/c1-3-4-5-10-28-23-18-14-24-9-8-16-12-22(27-2)21(26)13-17(16)19(24)11-15(18)6-7-20(23)25/h6-7,12-13,19,25-26H,3-5,8-11,14H2,1-2H3/t19-/m0/s1. The van der Waals surface area contributed by atoms with Gasteiger partial charge in [0.15, 0.2) is 23.0 Å². The summed E-state index contributed by atoms with van der Waals surface area (Å²) in [6.45, 7) is 4.50. The molecule has 0 aliphatic carbocycles. The van der Waals surface area contributed by atoms with Crippen LogP contribution in [0.1, 0.15) is 54.5 Å². The summed E-state index contributed by atoms with van der Waals surface area (Å²) in [5.74, 6) is 1.61. The first-order chi connectivity index (χ1) is 13.6. The van der Waals surface area contributed by atoms with Gasteiger partial charge < -0.3 is 19.7 Å². The van der Waals surface area contributed by atoms with Crippen molar-refractivity contribution in [2.75, 3.05) is 20.3 Å². The van der Waals surface area contributed by atoms with Gasteiger partial charge in [-0.1, -0.05) is 25.8 Å². The maximum absolute atomic E-state index is 10.4. The maximum Gasteiger partial charge on any atom is 0.165 e. The van der Waals surface area contributed by atoms with E-state index < -0.39 is 0 Å². The lowest BCUT2D eigenvalue weighted by atomic mass is 9.83. The molecule has 5 heteroatoms.